The third kappa shape index (κ3) is 3.57. The quantitative estimate of drug-likeness (QED) is 0.744. The van der Waals surface area contributed by atoms with Crippen molar-refractivity contribution in [1.29, 1.82) is 0 Å². The number of nitrogens with zero attached hydrogens (tertiary/aromatic N) is 1. The Bertz CT molecular complexity index is 272. The van der Waals surface area contributed by atoms with Gasteiger partial charge < -0.3 is 0 Å². The average Bonchev–Trinajstić information content (AvgIpc) is 2.31. The van der Waals surface area contributed by atoms with Gasteiger partial charge in [0.2, 0.25) is 0 Å². The molecule has 0 radical (unpaired) electrons. The summed E-state index contributed by atoms with van der Waals surface area (Å²) >= 11 is 0. The summed E-state index contributed by atoms with van der Waals surface area (Å²) in [5, 5.41) is 0. The van der Waals surface area contributed by atoms with Crippen LogP contribution >= 0.6 is 0 Å². The summed E-state index contributed by atoms with van der Waals surface area (Å²) in [5.41, 5.74) is 0. The highest BCUT2D eigenvalue weighted by Gasteiger charge is 2.37. The molecule has 106 valence electrons. The summed E-state index contributed by atoms with van der Waals surface area (Å²) in [7, 11) is 2.12. The molecule has 0 amide bonds. The molecule has 0 aromatic carbocycles. The Kier molecular flexibility index (Phi) is 5.84. The minimum Gasteiger partial charge on any atom is -0.298 e. The molecule has 3 atom stereocenters. The first-order chi connectivity index (χ1) is 8.36. The van der Waals surface area contributed by atoms with Crippen molar-refractivity contribution in [3.8, 4) is 0 Å². The number of carbonyl (C=O) groups excluding carboxylic acids is 1. The molecule has 1 aliphatic rings. The van der Waals surface area contributed by atoms with Crippen LogP contribution in [0.4, 0.5) is 0 Å². The van der Waals surface area contributed by atoms with Crippen LogP contribution < -0.4 is 0 Å². The van der Waals surface area contributed by atoms with Crippen molar-refractivity contribution in [2.24, 2.45) is 17.8 Å². The van der Waals surface area contributed by atoms with Crippen LogP contribution in [0.25, 0.3) is 0 Å². The summed E-state index contributed by atoms with van der Waals surface area (Å²) in [6.07, 6.45) is 5.15. The van der Waals surface area contributed by atoms with Gasteiger partial charge in [-0.05, 0) is 39.2 Å². The number of hydrogen-bond donors (Lipinski definition) is 0. The van der Waals surface area contributed by atoms with Crippen molar-refractivity contribution in [3.63, 3.8) is 0 Å². The first-order valence-electron chi connectivity index (χ1n) is 7.62. The Morgan fingerprint density at radius 2 is 1.67 bits per heavy atom. The van der Waals surface area contributed by atoms with E-state index in [9.17, 15) is 4.79 Å². The maximum absolute atomic E-state index is 12.6. The van der Waals surface area contributed by atoms with Gasteiger partial charge in [0, 0.05) is 12.0 Å². The van der Waals surface area contributed by atoms with Crippen LogP contribution in [0.3, 0.4) is 0 Å². The van der Waals surface area contributed by atoms with E-state index in [4.69, 9.17) is 0 Å². The van der Waals surface area contributed by atoms with Gasteiger partial charge in [0.15, 0.2) is 5.78 Å². The highest BCUT2D eigenvalue weighted by molar-refractivity contribution is 5.86. The summed E-state index contributed by atoms with van der Waals surface area (Å²) in [5.74, 6) is 1.82. The normalized spacial score (nSPS) is 26.9. The van der Waals surface area contributed by atoms with Gasteiger partial charge in [0.25, 0.3) is 0 Å². The number of Topliss-reactive ketones (excluding diaryl/α,β-unsaturated/α-hetero) is 1. The van der Waals surface area contributed by atoms with Gasteiger partial charge in [0.1, 0.15) is 0 Å². The van der Waals surface area contributed by atoms with Gasteiger partial charge >= 0.3 is 0 Å². The van der Waals surface area contributed by atoms with E-state index < -0.39 is 0 Å². The largest absolute Gasteiger partial charge is 0.298 e. The first-order valence-corrected chi connectivity index (χ1v) is 7.62. The van der Waals surface area contributed by atoms with Crippen LogP contribution in [0, 0.1) is 17.8 Å². The summed E-state index contributed by atoms with van der Waals surface area (Å²) in [6, 6.07) is 0.562. The second-order valence-corrected chi connectivity index (χ2v) is 6.69. The molecular weight excluding hydrogens is 222 g/mol. The van der Waals surface area contributed by atoms with E-state index in [1.54, 1.807) is 0 Å². The SMILES string of the molecule is CC(C)C(=O)C(C1CCCCC1C)N(C)C(C)C. The van der Waals surface area contributed by atoms with Crippen molar-refractivity contribution >= 4 is 5.78 Å². The molecule has 0 aliphatic heterocycles. The Morgan fingerprint density at radius 3 is 2.11 bits per heavy atom. The Labute approximate surface area is 113 Å². The minimum atomic E-state index is 0.125. The molecule has 0 bridgehead atoms. The fourth-order valence-corrected chi connectivity index (χ4v) is 3.19. The molecular formula is C16H31NO. The molecule has 3 unspecified atom stereocenters. The Balaban J connectivity index is 2.91. The molecule has 0 spiro atoms. The van der Waals surface area contributed by atoms with Gasteiger partial charge in [-0.15, -0.1) is 0 Å². The lowest BCUT2D eigenvalue weighted by Crippen LogP contribution is -2.51. The summed E-state index contributed by atoms with van der Waals surface area (Å²) in [4.78, 5) is 14.9. The highest BCUT2D eigenvalue weighted by Crippen LogP contribution is 2.35. The molecule has 0 aromatic heterocycles. The van der Waals surface area contributed by atoms with E-state index in [-0.39, 0.29) is 12.0 Å². The average molecular weight is 253 g/mol. The van der Waals surface area contributed by atoms with Crippen LogP contribution in [-0.2, 0) is 4.79 Å². The van der Waals surface area contributed by atoms with Crippen molar-refractivity contribution in [2.45, 2.75) is 72.4 Å². The molecule has 2 heteroatoms. The molecule has 0 N–H and O–H groups in total. The summed E-state index contributed by atoms with van der Waals surface area (Å²) in [6.45, 7) is 10.8. The zero-order valence-electron chi connectivity index (χ0n) is 13.1. The molecule has 1 rings (SSSR count). The van der Waals surface area contributed by atoms with Crippen molar-refractivity contribution in [3.05, 3.63) is 0 Å². The topological polar surface area (TPSA) is 20.3 Å². The van der Waals surface area contributed by atoms with Crippen molar-refractivity contribution in [2.75, 3.05) is 7.05 Å². The van der Waals surface area contributed by atoms with E-state index in [1.165, 1.54) is 25.7 Å². The Hall–Kier alpha value is -0.370. The van der Waals surface area contributed by atoms with Gasteiger partial charge in [-0.2, -0.15) is 0 Å². The van der Waals surface area contributed by atoms with E-state index in [0.717, 1.165) is 0 Å². The number of carbonyl (C=O) groups is 1. The van der Waals surface area contributed by atoms with E-state index >= 15 is 0 Å². The molecule has 1 saturated carbocycles. The number of ketones is 1. The van der Waals surface area contributed by atoms with Crippen molar-refractivity contribution in [1.82, 2.24) is 4.90 Å². The van der Waals surface area contributed by atoms with Crippen LogP contribution in [0.5, 0.6) is 0 Å². The second-order valence-electron chi connectivity index (χ2n) is 6.69. The lowest BCUT2D eigenvalue weighted by Gasteiger charge is -2.41. The second kappa shape index (κ2) is 6.70. The molecule has 0 saturated heterocycles. The number of rotatable bonds is 5. The maximum Gasteiger partial charge on any atom is 0.152 e. The molecule has 18 heavy (non-hydrogen) atoms. The Morgan fingerprint density at radius 1 is 1.11 bits per heavy atom. The van der Waals surface area contributed by atoms with Crippen LogP contribution in [-0.4, -0.2) is 29.8 Å². The van der Waals surface area contributed by atoms with Crippen LogP contribution in [0.2, 0.25) is 0 Å². The fraction of sp³-hybridized carbons (Fsp3) is 0.938. The highest BCUT2D eigenvalue weighted by atomic mass is 16.1. The smallest absolute Gasteiger partial charge is 0.152 e. The van der Waals surface area contributed by atoms with Gasteiger partial charge in [0.05, 0.1) is 6.04 Å². The fourth-order valence-electron chi connectivity index (χ4n) is 3.19. The lowest BCUT2D eigenvalue weighted by molar-refractivity contribution is -0.131. The van der Waals surface area contributed by atoms with Gasteiger partial charge in [-0.1, -0.05) is 40.0 Å². The van der Waals surface area contributed by atoms with E-state index in [0.29, 0.717) is 23.7 Å². The predicted octanol–water partition coefficient (Wildman–Crippen LogP) is 3.75. The maximum atomic E-state index is 12.6. The van der Waals surface area contributed by atoms with Crippen molar-refractivity contribution < 1.29 is 4.79 Å². The molecule has 0 heterocycles. The summed E-state index contributed by atoms with van der Waals surface area (Å²) < 4.78 is 0. The standard InChI is InChI=1S/C16H31NO/c1-11(2)16(18)15(17(6)12(3)4)14-10-8-7-9-13(14)5/h11-15H,7-10H2,1-6H3. The lowest BCUT2D eigenvalue weighted by atomic mass is 9.73. The van der Waals surface area contributed by atoms with E-state index in [1.807, 2.05) is 13.8 Å². The minimum absolute atomic E-state index is 0.125. The molecule has 0 aromatic rings. The zero-order valence-corrected chi connectivity index (χ0v) is 13.1. The molecule has 1 aliphatic carbocycles. The van der Waals surface area contributed by atoms with Gasteiger partial charge in [-0.3, -0.25) is 9.69 Å². The van der Waals surface area contributed by atoms with E-state index in [2.05, 4.69) is 32.7 Å². The predicted molar refractivity (Wildman–Crippen MR) is 77.7 cm³/mol. The third-order valence-corrected chi connectivity index (χ3v) is 4.70. The van der Waals surface area contributed by atoms with Crippen LogP contribution in [0.15, 0.2) is 0 Å². The first kappa shape index (κ1) is 15.7. The van der Waals surface area contributed by atoms with Crippen LogP contribution in [0.1, 0.15) is 60.3 Å². The number of hydrogen-bond acceptors (Lipinski definition) is 2. The monoisotopic (exact) mass is 253 g/mol. The zero-order chi connectivity index (χ0) is 13.9. The third-order valence-electron chi connectivity index (χ3n) is 4.70. The van der Waals surface area contributed by atoms with Gasteiger partial charge in [-0.25, -0.2) is 0 Å². The number of likely N-dealkylation sites (N-methyl/N-ethyl adjacent to an activating group) is 1. The molecule has 1 fully saturated rings. The molecule has 2 nitrogen and oxygen atoms in total.